The molecular formula is C26H26N4O3. The molecule has 0 unspecified atom stereocenters. The summed E-state index contributed by atoms with van der Waals surface area (Å²) in [4.78, 5) is 16.6. The van der Waals surface area contributed by atoms with E-state index in [9.17, 15) is 4.79 Å². The Bertz CT molecular complexity index is 1220. The smallest absolute Gasteiger partial charge is 0.261 e. The van der Waals surface area contributed by atoms with E-state index < -0.39 is 6.10 Å². The van der Waals surface area contributed by atoms with Crippen LogP contribution in [0.25, 0.3) is 22.4 Å². The van der Waals surface area contributed by atoms with Gasteiger partial charge in [0, 0.05) is 43.3 Å². The molecule has 0 saturated carbocycles. The number of carbonyl (C=O) groups excluding carboxylic acids is 1. The van der Waals surface area contributed by atoms with Gasteiger partial charge in [0.15, 0.2) is 17.6 Å². The molecule has 1 amide bonds. The number of hydrogen-bond donors (Lipinski definition) is 1. The Balaban J connectivity index is 1.40. The minimum Gasteiger partial charge on any atom is -0.493 e. The Labute approximate surface area is 193 Å². The van der Waals surface area contributed by atoms with Crippen LogP contribution in [0, 0.1) is 0 Å². The maximum atomic E-state index is 12.5. The topological polar surface area (TPSA) is 78.3 Å². The molecule has 0 bridgehead atoms. The highest BCUT2D eigenvalue weighted by Gasteiger charge is 2.17. The average molecular weight is 443 g/mol. The first-order valence-electron chi connectivity index (χ1n) is 10.7. The summed E-state index contributed by atoms with van der Waals surface area (Å²) in [6, 6.07) is 19.2. The Morgan fingerprint density at radius 3 is 2.39 bits per heavy atom. The zero-order valence-corrected chi connectivity index (χ0v) is 18.9. The van der Waals surface area contributed by atoms with Crippen LogP contribution in [-0.4, -0.2) is 33.9 Å². The van der Waals surface area contributed by atoms with Crippen LogP contribution >= 0.6 is 0 Å². The molecule has 4 rings (SSSR count). The molecule has 0 aliphatic heterocycles. The highest BCUT2D eigenvalue weighted by molar-refractivity contribution is 5.81. The molecule has 2 heterocycles. The second-order valence-corrected chi connectivity index (χ2v) is 7.63. The molecular weight excluding hydrogens is 416 g/mol. The minimum atomic E-state index is -0.656. The van der Waals surface area contributed by atoms with Crippen LogP contribution in [0.3, 0.4) is 0 Å². The van der Waals surface area contributed by atoms with Gasteiger partial charge in [0.1, 0.15) is 5.69 Å². The summed E-state index contributed by atoms with van der Waals surface area (Å²) in [7, 11) is 3.48. The number of rotatable bonds is 8. The summed E-state index contributed by atoms with van der Waals surface area (Å²) in [5.74, 6) is 0.926. The molecule has 0 fully saturated rings. The predicted octanol–water partition coefficient (Wildman–Crippen LogP) is 4.24. The monoisotopic (exact) mass is 442 g/mol. The van der Waals surface area contributed by atoms with Crippen LogP contribution in [0.1, 0.15) is 12.5 Å². The molecule has 0 spiro atoms. The highest BCUT2D eigenvalue weighted by atomic mass is 16.5. The third kappa shape index (κ3) is 5.20. The number of aryl methyl sites for hydroxylation is 1. The van der Waals surface area contributed by atoms with Crippen molar-refractivity contribution in [3.63, 3.8) is 0 Å². The lowest BCUT2D eigenvalue weighted by molar-refractivity contribution is -0.127. The van der Waals surface area contributed by atoms with Gasteiger partial charge < -0.3 is 14.8 Å². The van der Waals surface area contributed by atoms with Gasteiger partial charge in [0.05, 0.1) is 7.11 Å². The van der Waals surface area contributed by atoms with Gasteiger partial charge in [-0.25, -0.2) is 0 Å². The largest absolute Gasteiger partial charge is 0.493 e. The summed E-state index contributed by atoms with van der Waals surface area (Å²) in [5.41, 5.74) is 5.00. The third-order valence-electron chi connectivity index (χ3n) is 5.26. The summed E-state index contributed by atoms with van der Waals surface area (Å²) in [6.07, 6.45) is 4.89. The fraction of sp³-hybridized carbons (Fsp3) is 0.192. The van der Waals surface area contributed by atoms with Gasteiger partial charge in [-0.05, 0) is 42.3 Å². The first kappa shape index (κ1) is 22.1. The highest BCUT2D eigenvalue weighted by Crippen LogP contribution is 2.30. The van der Waals surface area contributed by atoms with Gasteiger partial charge >= 0.3 is 0 Å². The molecule has 0 aliphatic carbocycles. The summed E-state index contributed by atoms with van der Waals surface area (Å²) in [5, 5.41) is 7.56. The van der Waals surface area contributed by atoms with Crippen molar-refractivity contribution in [2.45, 2.75) is 19.6 Å². The van der Waals surface area contributed by atoms with Crippen molar-refractivity contribution in [2.24, 2.45) is 7.05 Å². The van der Waals surface area contributed by atoms with Crippen molar-refractivity contribution in [1.29, 1.82) is 0 Å². The van der Waals surface area contributed by atoms with Crippen molar-refractivity contribution in [3.8, 4) is 33.9 Å². The molecule has 4 aromatic rings. The van der Waals surface area contributed by atoms with E-state index in [1.54, 1.807) is 38.6 Å². The van der Waals surface area contributed by atoms with Crippen LogP contribution in [0.5, 0.6) is 11.5 Å². The molecule has 7 nitrogen and oxygen atoms in total. The molecule has 7 heteroatoms. The maximum Gasteiger partial charge on any atom is 0.261 e. The lowest BCUT2D eigenvalue weighted by atomic mass is 10.0. The normalized spacial score (nSPS) is 11.6. The number of ether oxygens (including phenoxy) is 2. The average Bonchev–Trinajstić information content (AvgIpc) is 3.25. The molecule has 0 saturated heterocycles. The van der Waals surface area contributed by atoms with Gasteiger partial charge in [-0.1, -0.05) is 36.4 Å². The van der Waals surface area contributed by atoms with E-state index in [-0.39, 0.29) is 5.91 Å². The van der Waals surface area contributed by atoms with Crippen molar-refractivity contribution in [1.82, 2.24) is 20.1 Å². The SMILES string of the molecule is COc1ccccc1O[C@H](C)C(=O)NCc1ccc(-c2nn(C)cc2-c2ccncc2)cc1. The van der Waals surface area contributed by atoms with Crippen molar-refractivity contribution in [2.75, 3.05) is 7.11 Å². The first-order valence-corrected chi connectivity index (χ1v) is 10.7. The van der Waals surface area contributed by atoms with E-state index in [1.807, 2.05) is 66.5 Å². The number of para-hydroxylation sites is 2. The number of aromatic nitrogens is 3. The van der Waals surface area contributed by atoms with E-state index in [1.165, 1.54) is 0 Å². The Morgan fingerprint density at radius 2 is 1.70 bits per heavy atom. The predicted molar refractivity (Wildman–Crippen MR) is 127 cm³/mol. The number of nitrogens with zero attached hydrogens (tertiary/aromatic N) is 3. The number of hydrogen-bond acceptors (Lipinski definition) is 5. The lowest BCUT2D eigenvalue weighted by Gasteiger charge is -2.16. The quantitative estimate of drug-likeness (QED) is 0.442. The van der Waals surface area contributed by atoms with Crippen LogP contribution in [0.2, 0.25) is 0 Å². The van der Waals surface area contributed by atoms with E-state index >= 15 is 0 Å². The number of carbonyl (C=O) groups is 1. The molecule has 2 aromatic carbocycles. The zero-order valence-electron chi connectivity index (χ0n) is 18.9. The Kier molecular flexibility index (Phi) is 6.69. The van der Waals surface area contributed by atoms with Gasteiger partial charge in [-0.2, -0.15) is 5.10 Å². The molecule has 2 aromatic heterocycles. The Hall–Kier alpha value is -4.13. The molecule has 0 aliphatic rings. The molecule has 1 N–H and O–H groups in total. The van der Waals surface area contributed by atoms with Crippen LogP contribution in [0.15, 0.2) is 79.3 Å². The summed E-state index contributed by atoms with van der Waals surface area (Å²) >= 11 is 0. The number of pyridine rings is 1. The minimum absolute atomic E-state index is 0.199. The fourth-order valence-electron chi connectivity index (χ4n) is 3.52. The zero-order chi connectivity index (χ0) is 23.2. The standard InChI is InChI=1S/C26H26N4O3/c1-18(33-24-7-5-4-6-23(24)32-3)26(31)28-16-19-8-10-21(11-9-19)25-22(17-30(2)29-25)20-12-14-27-15-13-20/h4-15,17-18H,16H2,1-3H3,(H,28,31)/t18-/m1/s1. The summed E-state index contributed by atoms with van der Waals surface area (Å²) in [6.45, 7) is 2.12. The fourth-order valence-corrected chi connectivity index (χ4v) is 3.52. The first-order chi connectivity index (χ1) is 16.0. The molecule has 0 radical (unpaired) electrons. The van der Waals surface area contributed by atoms with E-state index in [0.29, 0.717) is 18.0 Å². The van der Waals surface area contributed by atoms with Gasteiger partial charge in [-0.15, -0.1) is 0 Å². The van der Waals surface area contributed by atoms with Crippen molar-refractivity contribution in [3.05, 3.63) is 84.8 Å². The van der Waals surface area contributed by atoms with Gasteiger partial charge in [0.2, 0.25) is 0 Å². The Morgan fingerprint density at radius 1 is 1.00 bits per heavy atom. The number of benzene rings is 2. The van der Waals surface area contributed by atoms with Crippen molar-refractivity contribution >= 4 is 5.91 Å². The molecule has 33 heavy (non-hydrogen) atoms. The van der Waals surface area contributed by atoms with E-state index in [0.717, 1.165) is 27.9 Å². The van der Waals surface area contributed by atoms with Crippen LogP contribution < -0.4 is 14.8 Å². The number of amides is 1. The second kappa shape index (κ2) is 9.99. The van der Waals surface area contributed by atoms with Gasteiger partial charge in [-0.3, -0.25) is 14.5 Å². The van der Waals surface area contributed by atoms with Crippen molar-refractivity contribution < 1.29 is 14.3 Å². The second-order valence-electron chi connectivity index (χ2n) is 7.63. The van der Waals surface area contributed by atoms with E-state index in [4.69, 9.17) is 9.47 Å². The third-order valence-corrected chi connectivity index (χ3v) is 5.26. The maximum absolute atomic E-state index is 12.5. The van der Waals surface area contributed by atoms with Gasteiger partial charge in [0.25, 0.3) is 5.91 Å². The lowest BCUT2D eigenvalue weighted by Crippen LogP contribution is -2.35. The number of nitrogens with one attached hydrogen (secondary N) is 1. The summed E-state index contributed by atoms with van der Waals surface area (Å²) < 4.78 is 12.9. The number of methoxy groups -OCH3 is 1. The molecule has 1 atom stereocenters. The molecule has 168 valence electrons. The van der Waals surface area contributed by atoms with Crippen LogP contribution in [0.4, 0.5) is 0 Å². The van der Waals surface area contributed by atoms with E-state index in [2.05, 4.69) is 15.4 Å². The van der Waals surface area contributed by atoms with Crippen LogP contribution in [-0.2, 0) is 18.4 Å².